The van der Waals surface area contributed by atoms with Gasteiger partial charge in [-0.3, -0.25) is 0 Å². The van der Waals surface area contributed by atoms with Gasteiger partial charge < -0.3 is 5.11 Å². The summed E-state index contributed by atoms with van der Waals surface area (Å²) in [6, 6.07) is 5.51. The molecular weight excluding hydrogens is 176 g/mol. The molecule has 14 heavy (non-hydrogen) atoms. The monoisotopic (exact) mass is 192 g/mol. The summed E-state index contributed by atoms with van der Waals surface area (Å²) in [4.78, 5) is 10.8. The maximum Gasteiger partial charge on any atom is 0.335 e. The Labute approximate surface area is 84.6 Å². The van der Waals surface area contributed by atoms with Crippen LogP contribution < -0.4 is 0 Å². The molecule has 2 heteroatoms. The lowest BCUT2D eigenvalue weighted by atomic mass is 9.99. The van der Waals surface area contributed by atoms with Crippen molar-refractivity contribution in [3.8, 4) is 0 Å². The van der Waals surface area contributed by atoms with Gasteiger partial charge in [-0.15, -0.1) is 0 Å². The molecule has 0 unspecified atom stereocenters. The third-order valence-electron chi connectivity index (χ3n) is 2.03. The molecule has 0 amide bonds. The topological polar surface area (TPSA) is 37.3 Å². The molecule has 0 radical (unpaired) electrons. The van der Waals surface area contributed by atoms with Crippen molar-refractivity contribution in [1.29, 1.82) is 0 Å². The van der Waals surface area contributed by atoms with Gasteiger partial charge >= 0.3 is 5.97 Å². The van der Waals surface area contributed by atoms with Crippen LogP contribution >= 0.6 is 0 Å². The molecule has 1 N–H and O–H groups in total. The van der Waals surface area contributed by atoms with Crippen LogP contribution in [0.5, 0.6) is 0 Å². The van der Waals surface area contributed by atoms with Crippen LogP contribution in [-0.4, -0.2) is 11.1 Å². The number of aromatic carboxylic acids is 1. The highest BCUT2D eigenvalue weighted by Crippen LogP contribution is 2.13. The van der Waals surface area contributed by atoms with Crippen molar-refractivity contribution in [2.45, 2.75) is 27.2 Å². The zero-order valence-electron chi connectivity index (χ0n) is 8.87. The number of carboxylic acid groups (broad SMARTS) is 1. The maximum absolute atomic E-state index is 10.8. The van der Waals surface area contributed by atoms with Gasteiger partial charge in [0, 0.05) is 0 Å². The lowest BCUT2D eigenvalue weighted by molar-refractivity contribution is 0.0696. The highest BCUT2D eigenvalue weighted by molar-refractivity contribution is 5.88. The minimum Gasteiger partial charge on any atom is -0.478 e. The van der Waals surface area contributed by atoms with Crippen molar-refractivity contribution in [3.63, 3.8) is 0 Å². The zero-order chi connectivity index (χ0) is 10.7. The molecule has 2 nitrogen and oxygen atoms in total. The Morgan fingerprint density at radius 3 is 2.50 bits per heavy atom. The van der Waals surface area contributed by atoms with E-state index in [0.29, 0.717) is 11.5 Å². The molecule has 1 aromatic carbocycles. The SMILES string of the molecule is Cc1cc(CC(C)C)cc(C(=O)O)c1. The Bertz CT molecular complexity index is 340. The molecule has 0 aliphatic rings. The molecule has 0 spiro atoms. The van der Waals surface area contributed by atoms with Gasteiger partial charge in [-0.2, -0.15) is 0 Å². The average molecular weight is 192 g/mol. The van der Waals surface area contributed by atoms with Gasteiger partial charge in [0.2, 0.25) is 0 Å². The Kier molecular flexibility index (Phi) is 3.28. The van der Waals surface area contributed by atoms with Crippen molar-refractivity contribution < 1.29 is 9.90 Å². The largest absolute Gasteiger partial charge is 0.478 e. The molecule has 0 heterocycles. The fourth-order valence-electron chi connectivity index (χ4n) is 1.58. The molecule has 0 aliphatic carbocycles. The molecule has 1 aromatic rings. The van der Waals surface area contributed by atoms with Gasteiger partial charge in [-0.1, -0.05) is 25.5 Å². The minimum absolute atomic E-state index is 0.389. The number of hydrogen-bond donors (Lipinski definition) is 1. The first-order chi connectivity index (χ1) is 6.49. The number of carboxylic acids is 1. The molecule has 76 valence electrons. The van der Waals surface area contributed by atoms with Crippen LogP contribution in [0.15, 0.2) is 18.2 Å². The number of hydrogen-bond acceptors (Lipinski definition) is 1. The Hall–Kier alpha value is -1.31. The summed E-state index contributed by atoms with van der Waals surface area (Å²) in [6.45, 7) is 6.18. The molecule has 0 aromatic heterocycles. The van der Waals surface area contributed by atoms with E-state index in [1.54, 1.807) is 12.1 Å². The van der Waals surface area contributed by atoms with Crippen LogP contribution in [0.25, 0.3) is 0 Å². The minimum atomic E-state index is -0.848. The predicted molar refractivity (Wildman–Crippen MR) is 56.7 cm³/mol. The fraction of sp³-hybridized carbons (Fsp3) is 0.417. The number of rotatable bonds is 3. The van der Waals surface area contributed by atoms with Crippen LogP contribution in [0.4, 0.5) is 0 Å². The Morgan fingerprint density at radius 2 is 2.00 bits per heavy atom. The van der Waals surface area contributed by atoms with Crippen LogP contribution in [0, 0.1) is 12.8 Å². The molecule has 0 bridgehead atoms. The second-order valence-electron chi connectivity index (χ2n) is 4.11. The zero-order valence-corrected chi connectivity index (χ0v) is 8.87. The average Bonchev–Trinajstić information content (AvgIpc) is 2.01. The lowest BCUT2D eigenvalue weighted by Gasteiger charge is -2.07. The Morgan fingerprint density at radius 1 is 1.36 bits per heavy atom. The highest BCUT2D eigenvalue weighted by atomic mass is 16.4. The standard InChI is InChI=1S/C12H16O2/c1-8(2)4-10-5-9(3)6-11(7-10)12(13)14/h5-8H,4H2,1-3H3,(H,13,14). The third kappa shape index (κ3) is 2.87. The van der Waals surface area contributed by atoms with E-state index in [4.69, 9.17) is 5.11 Å². The second kappa shape index (κ2) is 4.27. The summed E-state index contributed by atoms with van der Waals surface area (Å²) in [5.74, 6) is -0.294. The smallest absolute Gasteiger partial charge is 0.335 e. The maximum atomic E-state index is 10.8. The number of benzene rings is 1. The molecule has 1 rings (SSSR count). The van der Waals surface area contributed by atoms with Crippen LogP contribution in [0.1, 0.15) is 35.3 Å². The third-order valence-corrected chi connectivity index (χ3v) is 2.03. The van der Waals surface area contributed by atoms with Crippen molar-refractivity contribution in [2.75, 3.05) is 0 Å². The van der Waals surface area contributed by atoms with E-state index >= 15 is 0 Å². The van der Waals surface area contributed by atoms with E-state index in [0.717, 1.165) is 17.5 Å². The first kappa shape index (κ1) is 10.8. The van der Waals surface area contributed by atoms with Gasteiger partial charge in [0.15, 0.2) is 0 Å². The summed E-state index contributed by atoms with van der Waals surface area (Å²) < 4.78 is 0. The van der Waals surface area contributed by atoms with E-state index in [9.17, 15) is 4.79 Å². The van der Waals surface area contributed by atoms with Crippen molar-refractivity contribution in [2.24, 2.45) is 5.92 Å². The number of carbonyl (C=O) groups is 1. The molecule has 0 fully saturated rings. The van der Waals surface area contributed by atoms with Crippen molar-refractivity contribution in [3.05, 3.63) is 34.9 Å². The Balaban J connectivity index is 3.01. The van der Waals surface area contributed by atoms with E-state index in [1.807, 2.05) is 13.0 Å². The summed E-state index contributed by atoms with van der Waals surface area (Å²) in [7, 11) is 0. The molecule has 0 aliphatic heterocycles. The van der Waals surface area contributed by atoms with E-state index in [-0.39, 0.29) is 0 Å². The first-order valence-electron chi connectivity index (χ1n) is 4.83. The quantitative estimate of drug-likeness (QED) is 0.799. The van der Waals surface area contributed by atoms with Crippen LogP contribution in [0.3, 0.4) is 0 Å². The molecule has 0 saturated heterocycles. The van der Waals surface area contributed by atoms with Gasteiger partial charge in [0.05, 0.1) is 5.56 Å². The van der Waals surface area contributed by atoms with E-state index < -0.39 is 5.97 Å². The predicted octanol–water partition coefficient (Wildman–Crippen LogP) is 2.89. The highest BCUT2D eigenvalue weighted by Gasteiger charge is 2.06. The van der Waals surface area contributed by atoms with Gasteiger partial charge in [0.1, 0.15) is 0 Å². The number of aryl methyl sites for hydroxylation is 1. The molecular formula is C12H16O2. The summed E-state index contributed by atoms with van der Waals surface area (Å²) in [5.41, 5.74) is 2.51. The van der Waals surface area contributed by atoms with Gasteiger partial charge in [-0.05, 0) is 37.0 Å². The fourth-order valence-corrected chi connectivity index (χ4v) is 1.58. The van der Waals surface area contributed by atoms with Crippen molar-refractivity contribution >= 4 is 5.97 Å². The lowest BCUT2D eigenvalue weighted by Crippen LogP contribution is -2.01. The summed E-state index contributed by atoms with van der Waals surface area (Å²) in [5, 5.41) is 8.87. The second-order valence-corrected chi connectivity index (χ2v) is 4.11. The van der Waals surface area contributed by atoms with E-state index in [2.05, 4.69) is 13.8 Å². The molecule has 0 saturated carbocycles. The van der Waals surface area contributed by atoms with E-state index in [1.165, 1.54) is 0 Å². The first-order valence-corrected chi connectivity index (χ1v) is 4.83. The van der Waals surface area contributed by atoms with Gasteiger partial charge in [-0.25, -0.2) is 4.79 Å². The summed E-state index contributed by atoms with van der Waals surface area (Å²) >= 11 is 0. The normalized spacial score (nSPS) is 10.6. The summed E-state index contributed by atoms with van der Waals surface area (Å²) in [6.07, 6.45) is 0.932. The van der Waals surface area contributed by atoms with Crippen molar-refractivity contribution in [1.82, 2.24) is 0 Å². The molecule has 0 atom stereocenters. The van der Waals surface area contributed by atoms with Crippen LogP contribution in [0.2, 0.25) is 0 Å². The van der Waals surface area contributed by atoms with Gasteiger partial charge in [0.25, 0.3) is 0 Å². The van der Waals surface area contributed by atoms with Crippen LogP contribution in [-0.2, 0) is 6.42 Å².